The van der Waals surface area contributed by atoms with E-state index >= 15 is 0 Å². The molecule has 3 rings (SSSR count). The Labute approximate surface area is 121 Å². The summed E-state index contributed by atoms with van der Waals surface area (Å²) < 4.78 is 10.5. The van der Waals surface area contributed by atoms with Crippen molar-refractivity contribution in [1.29, 1.82) is 0 Å². The fraction of sp³-hybridized carbons (Fsp3) is 0.385. The number of nitrogens with one attached hydrogen (secondary N) is 1. The Balaban J connectivity index is 1.98. The summed E-state index contributed by atoms with van der Waals surface area (Å²) in [6, 6.07) is 5.48. The minimum atomic E-state index is -0.138. The number of carbonyl (C=O) groups excluding carboxylic acids is 1. The van der Waals surface area contributed by atoms with Gasteiger partial charge in [-0.25, -0.2) is 5.43 Å². The van der Waals surface area contributed by atoms with Crippen LogP contribution in [0.1, 0.15) is 5.56 Å². The van der Waals surface area contributed by atoms with Gasteiger partial charge in [-0.15, -0.1) is 11.8 Å². The van der Waals surface area contributed by atoms with Crippen molar-refractivity contribution >= 4 is 23.5 Å². The molecule has 1 saturated heterocycles. The first-order valence-corrected chi connectivity index (χ1v) is 7.34. The van der Waals surface area contributed by atoms with Crippen LogP contribution in [0.2, 0.25) is 0 Å². The molecule has 2 aliphatic rings. The van der Waals surface area contributed by atoms with Gasteiger partial charge in [0.25, 0.3) is 5.91 Å². The smallest absolute Gasteiger partial charge is 0.263 e. The maximum atomic E-state index is 11.8. The van der Waals surface area contributed by atoms with Crippen molar-refractivity contribution in [2.45, 2.75) is 6.04 Å². The van der Waals surface area contributed by atoms with Gasteiger partial charge in [-0.1, -0.05) is 0 Å². The minimum absolute atomic E-state index is 0.0424. The topological polar surface area (TPSA) is 63.2 Å². The molecule has 0 spiro atoms. The second-order valence-electron chi connectivity index (χ2n) is 4.47. The van der Waals surface area contributed by atoms with E-state index in [0.717, 1.165) is 23.0 Å². The van der Waals surface area contributed by atoms with Crippen molar-refractivity contribution in [3.8, 4) is 11.5 Å². The van der Waals surface area contributed by atoms with E-state index in [0.29, 0.717) is 11.5 Å². The molecular formula is C13H15N3O3S. The molecule has 0 saturated carbocycles. The number of benzene rings is 1. The molecule has 0 radical (unpaired) electrons. The van der Waals surface area contributed by atoms with E-state index in [-0.39, 0.29) is 11.9 Å². The minimum Gasteiger partial charge on any atom is -0.493 e. The van der Waals surface area contributed by atoms with E-state index in [2.05, 4.69) is 10.5 Å². The fourth-order valence-corrected chi connectivity index (χ4v) is 3.48. The molecule has 0 aliphatic carbocycles. The Morgan fingerprint density at radius 3 is 2.90 bits per heavy atom. The van der Waals surface area contributed by atoms with Gasteiger partial charge in [-0.3, -0.25) is 4.79 Å². The van der Waals surface area contributed by atoms with Crippen molar-refractivity contribution in [2.24, 2.45) is 5.10 Å². The third-order valence-electron chi connectivity index (χ3n) is 3.37. The zero-order valence-corrected chi connectivity index (χ0v) is 12.1. The molecule has 1 atom stereocenters. The number of hydrazone groups is 1. The maximum absolute atomic E-state index is 11.8. The molecule has 1 unspecified atom stereocenters. The third-order valence-corrected chi connectivity index (χ3v) is 4.38. The Bertz CT molecular complexity index is 576. The van der Waals surface area contributed by atoms with Crippen LogP contribution in [-0.2, 0) is 4.79 Å². The van der Waals surface area contributed by atoms with Crippen LogP contribution in [0.25, 0.3) is 0 Å². The zero-order chi connectivity index (χ0) is 14.1. The number of hydrogen-bond acceptors (Lipinski definition) is 6. The van der Waals surface area contributed by atoms with Gasteiger partial charge in [0, 0.05) is 11.3 Å². The van der Waals surface area contributed by atoms with Crippen molar-refractivity contribution in [2.75, 3.05) is 25.8 Å². The Kier molecular flexibility index (Phi) is 3.43. The number of nitrogens with zero attached hydrogens (tertiary/aromatic N) is 2. The number of methoxy groups -OCH3 is 2. The number of rotatable bonds is 3. The highest BCUT2D eigenvalue weighted by molar-refractivity contribution is 7.99. The lowest BCUT2D eigenvalue weighted by Gasteiger charge is -2.29. The first-order chi connectivity index (χ1) is 9.74. The molecule has 1 amide bonds. The lowest BCUT2D eigenvalue weighted by Crippen LogP contribution is -2.51. The van der Waals surface area contributed by atoms with Crippen LogP contribution in [0.3, 0.4) is 0 Å². The average Bonchev–Trinajstić information content (AvgIpc) is 2.97. The SMILES string of the molecule is COc1ccc(C2=NNC(=O)C3CSCN23)cc1OC. The van der Waals surface area contributed by atoms with Crippen LogP contribution in [0.5, 0.6) is 11.5 Å². The van der Waals surface area contributed by atoms with Crippen molar-refractivity contribution in [3.63, 3.8) is 0 Å². The van der Waals surface area contributed by atoms with Crippen LogP contribution in [0.4, 0.5) is 0 Å². The van der Waals surface area contributed by atoms with Gasteiger partial charge >= 0.3 is 0 Å². The molecule has 20 heavy (non-hydrogen) atoms. The highest BCUT2D eigenvalue weighted by Gasteiger charge is 2.37. The zero-order valence-electron chi connectivity index (χ0n) is 11.3. The third kappa shape index (κ3) is 2.07. The fourth-order valence-electron chi connectivity index (χ4n) is 2.32. The second-order valence-corrected chi connectivity index (χ2v) is 5.47. The maximum Gasteiger partial charge on any atom is 0.263 e. The standard InChI is InChI=1S/C13H15N3O3S/c1-18-10-4-3-8(5-11(10)19-2)12-14-15-13(17)9-6-20-7-16(9)12/h3-5,9H,6-7H2,1-2H3,(H,15,17). The number of hydrogen-bond donors (Lipinski definition) is 1. The van der Waals surface area contributed by atoms with Crippen molar-refractivity contribution in [1.82, 2.24) is 10.3 Å². The van der Waals surface area contributed by atoms with Crippen molar-refractivity contribution in [3.05, 3.63) is 23.8 Å². The van der Waals surface area contributed by atoms with E-state index in [1.165, 1.54) is 0 Å². The quantitative estimate of drug-likeness (QED) is 0.896. The second kappa shape index (κ2) is 5.24. The van der Waals surface area contributed by atoms with Crippen LogP contribution in [-0.4, -0.2) is 48.5 Å². The number of amides is 1. The molecular weight excluding hydrogens is 278 g/mol. The highest BCUT2D eigenvalue weighted by Crippen LogP contribution is 2.31. The van der Waals surface area contributed by atoms with Gasteiger partial charge in [0.1, 0.15) is 6.04 Å². The molecule has 6 nitrogen and oxygen atoms in total. The van der Waals surface area contributed by atoms with Crippen LogP contribution in [0.15, 0.2) is 23.3 Å². The normalized spacial score (nSPS) is 21.1. The highest BCUT2D eigenvalue weighted by atomic mass is 32.2. The Morgan fingerprint density at radius 2 is 2.15 bits per heavy atom. The summed E-state index contributed by atoms with van der Waals surface area (Å²) in [6.07, 6.45) is 0. The lowest BCUT2D eigenvalue weighted by molar-refractivity contribution is -0.124. The molecule has 1 fully saturated rings. The molecule has 0 aromatic heterocycles. The first-order valence-electron chi connectivity index (χ1n) is 6.19. The van der Waals surface area contributed by atoms with E-state index in [4.69, 9.17) is 9.47 Å². The Morgan fingerprint density at radius 1 is 1.35 bits per heavy atom. The van der Waals surface area contributed by atoms with E-state index in [9.17, 15) is 4.79 Å². The van der Waals surface area contributed by atoms with Gasteiger partial charge in [0.05, 0.1) is 20.1 Å². The summed E-state index contributed by atoms with van der Waals surface area (Å²) >= 11 is 1.73. The summed E-state index contributed by atoms with van der Waals surface area (Å²) in [7, 11) is 3.20. The number of ether oxygens (including phenoxy) is 2. The average molecular weight is 293 g/mol. The summed E-state index contributed by atoms with van der Waals surface area (Å²) in [5.74, 6) is 3.60. The van der Waals surface area contributed by atoms with Crippen LogP contribution in [0, 0.1) is 0 Å². The molecule has 2 heterocycles. The number of carbonyl (C=O) groups is 1. The monoisotopic (exact) mass is 293 g/mol. The van der Waals surface area contributed by atoms with Gasteiger partial charge in [-0.05, 0) is 18.2 Å². The summed E-state index contributed by atoms with van der Waals surface area (Å²) in [4.78, 5) is 13.8. The molecule has 0 bridgehead atoms. The molecule has 1 N–H and O–H groups in total. The van der Waals surface area contributed by atoms with Crippen molar-refractivity contribution < 1.29 is 14.3 Å². The summed E-state index contributed by atoms with van der Waals surface area (Å²) in [6.45, 7) is 0. The largest absolute Gasteiger partial charge is 0.493 e. The van der Waals surface area contributed by atoms with Gasteiger partial charge < -0.3 is 14.4 Å². The molecule has 1 aromatic carbocycles. The summed E-state index contributed by atoms with van der Waals surface area (Å²) in [5, 5.41) is 4.19. The molecule has 7 heteroatoms. The van der Waals surface area contributed by atoms with Crippen LogP contribution >= 0.6 is 11.8 Å². The molecule has 1 aromatic rings. The number of fused-ring (bicyclic) bond motifs is 1. The van der Waals surface area contributed by atoms with Gasteiger partial charge in [0.15, 0.2) is 17.3 Å². The molecule has 2 aliphatic heterocycles. The predicted octanol–water partition coefficient (Wildman–Crippen LogP) is 0.870. The Hall–Kier alpha value is -1.89. The predicted molar refractivity (Wildman–Crippen MR) is 77.2 cm³/mol. The van der Waals surface area contributed by atoms with E-state index in [1.54, 1.807) is 26.0 Å². The number of thioether (sulfide) groups is 1. The van der Waals surface area contributed by atoms with E-state index < -0.39 is 0 Å². The van der Waals surface area contributed by atoms with Gasteiger partial charge in [-0.2, -0.15) is 5.10 Å². The number of amidine groups is 1. The summed E-state index contributed by atoms with van der Waals surface area (Å²) in [5.41, 5.74) is 3.49. The van der Waals surface area contributed by atoms with E-state index in [1.807, 2.05) is 23.1 Å². The van der Waals surface area contributed by atoms with Crippen LogP contribution < -0.4 is 14.9 Å². The van der Waals surface area contributed by atoms with Gasteiger partial charge in [0.2, 0.25) is 0 Å². The first kappa shape index (κ1) is 13.1. The molecule has 106 valence electrons. The lowest BCUT2D eigenvalue weighted by atomic mass is 10.1.